The van der Waals surface area contributed by atoms with Crippen LogP contribution in [-0.4, -0.2) is 35.9 Å². The Hall–Kier alpha value is -5.14. The summed E-state index contributed by atoms with van der Waals surface area (Å²) >= 11 is 0. The number of halogens is 4. The second-order valence-electron chi connectivity index (χ2n) is 7.87. The lowest BCUT2D eigenvalue weighted by molar-refractivity contribution is -0.137. The maximum atomic E-state index is 14.7. The van der Waals surface area contributed by atoms with Crippen molar-refractivity contribution in [2.75, 3.05) is 16.0 Å². The van der Waals surface area contributed by atoms with Crippen molar-refractivity contribution in [3.05, 3.63) is 84.5 Å². The summed E-state index contributed by atoms with van der Waals surface area (Å²) in [6.45, 7) is 0. The number of benzene rings is 2. The van der Waals surface area contributed by atoms with Crippen molar-refractivity contribution >= 4 is 34.7 Å². The van der Waals surface area contributed by atoms with Crippen LogP contribution in [0, 0.1) is 5.82 Å². The molecule has 4 rings (SSSR count). The van der Waals surface area contributed by atoms with Gasteiger partial charge in [-0.3, -0.25) is 9.48 Å². The Morgan fingerprint density at radius 2 is 1.76 bits per heavy atom. The first kappa shape index (κ1) is 25.9. The van der Waals surface area contributed by atoms with Crippen LogP contribution in [-0.2, 0) is 18.0 Å². The van der Waals surface area contributed by atoms with Crippen LogP contribution in [0.4, 0.5) is 46.4 Å². The second-order valence-corrected chi connectivity index (χ2v) is 7.87. The van der Waals surface area contributed by atoms with Crippen LogP contribution in [0.5, 0.6) is 0 Å². The summed E-state index contributed by atoms with van der Waals surface area (Å²) in [5, 5.41) is 29.7. The van der Waals surface area contributed by atoms with E-state index in [9.17, 15) is 22.4 Å². The van der Waals surface area contributed by atoms with Gasteiger partial charge in [0.2, 0.25) is 5.95 Å². The first-order valence-corrected chi connectivity index (χ1v) is 10.8. The first-order valence-electron chi connectivity index (χ1n) is 10.8. The molecule has 0 bridgehead atoms. The molecule has 2 heterocycles. The minimum atomic E-state index is -4.52. The first-order chi connectivity index (χ1) is 18.0. The van der Waals surface area contributed by atoms with Gasteiger partial charge in [-0.2, -0.15) is 23.3 Å². The lowest BCUT2D eigenvalue weighted by atomic mass is 10.1. The fourth-order valence-electron chi connectivity index (χ4n) is 3.32. The quantitative estimate of drug-likeness (QED) is 0.122. The van der Waals surface area contributed by atoms with Gasteiger partial charge in [-0.25, -0.2) is 9.37 Å². The lowest BCUT2D eigenvalue weighted by Crippen LogP contribution is -2.10. The Morgan fingerprint density at radius 3 is 2.39 bits per heavy atom. The number of nitrogens with one attached hydrogen (secondary N) is 3. The van der Waals surface area contributed by atoms with Gasteiger partial charge in [-0.15, -0.1) is 0 Å². The van der Waals surface area contributed by atoms with E-state index in [1.54, 1.807) is 17.9 Å². The van der Waals surface area contributed by atoms with Crippen molar-refractivity contribution in [1.82, 2.24) is 19.7 Å². The molecule has 10 nitrogen and oxygen atoms in total. The molecular weight excluding hydrogens is 510 g/mol. The van der Waals surface area contributed by atoms with E-state index in [2.05, 4.69) is 31.0 Å². The van der Waals surface area contributed by atoms with E-state index in [1.807, 2.05) is 0 Å². The Balaban J connectivity index is 1.72. The maximum Gasteiger partial charge on any atom is 0.416 e. The number of nitrogens with zero attached hydrogens (tertiary/aromatic N) is 4. The number of rotatable bonds is 7. The number of hydrogen-bond donors (Lipinski definition) is 5. The third-order valence-electron chi connectivity index (χ3n) is 5.02. The number of hydrogen-bond acceptors (Lipinski definition) is 8. The third kappa shape index (κ3) is 6.34. The molecular formula is C24H19F4N7O3. The van der Waals surface area contributed by atoms with E-state index in [0.717, 1.165) is 18.2 Å². The van der Waals surface area contributed by atoms with E-state index in [-0.39, 0.29) is 28.7 Å². The highest BCUT2D eigenvalue weighted by Gasteiger charge is 2.30. The minimum absolute atomic E-state index is 0.0430. The van der Waals surface area contributed by atoms with Crippen LogP contribution < -0.4 is 16.0 Å². The molecule has 1 amide bonds. The molecule has 0 aliphatic carbocycles. The number of aliphatic hydroxyl groups excluding tert-OH is 1. The predicted octanol–water partition coefficient (Wildman–Crippen LogP) is 5.42. The van der Waals surface area contributed by atoms with E-state index < -0.39 is 29.4 Å². The number of aliphatic hydroxyl groups is 2. The van der Waals surface area contributed by atoms with Crippen molar-refractivity contribution < 1.29 is 32.6 Å². The summed E-state index contributed by atoms with van der Waals surface area (Å²) < 4.78 is 55.4. The standard InChI is InChI=1S/C24H19F4N7O3/c1-35-12-16(10-30-35)32-23-29-11-17(13-2-4-14(5-3-13)24(26,27)28)22(34-23)33-19-8-15(6-7-18(19)25)31-20(36)9-21(37)38/h2-12,37-38H,1H3,(H,31,36)(H2,29,32,33,34). The molecule has 2 aromatic carbocycles. The number of amides is 1. The number of anilines is 5. The van der Waals surface area contributed by atoms with Crippen molar-refractivity contribution in [3.8, 4) is 11.1 Å². The van der Waals surface area contributed by atoms with E-state index in [4.69, 9.17) is 10.2 Å². The summed E-state index contributed by atoms with van der Waals surface area (Å²) in [7, 11) is 1.71. The van der Waals surface area contributed by atoms with Crippen LogP contribution in [0.15, 0.2) is 73.1 Å². The molecule has 38 heavy (non-hydrogen) atoms. The number of carbonyl (C=O) groups is 1. The van der Waals surface area contributed by atoms with Crippen molar-refractivity contribution in [1.29, 1.82) is 0 Å². The van der Waals surface area contributed by atoms with Crippen LogP contribution in [0.3, 0.4) is 0 Å². The van der Waals surface area contributed by atoms with Gasteiger partial charge in [0.15, 0.2) is 0 Å². The Morgan fingerprint density at radius 1 is 1.03 bits per heavy atom. The van der Waals surface area contributed by atoms with E-state index in [0.29, 0.717) is 17.3 Å². The average molecular weight is 529 g/mol. The van der Waals surface area contributed by atoms with Gasteiger partial charge in [0, 0.05) is 30.7 Å². The van der Waals surface area contributed by atoms with Crippen molar-refractivity contribution in [2.24, 2.45) is 7.05 Å². The molecule has 0 radical (unpaired) electrons. The van der Waals surface area contributed by atoms with Crippen molar-refractivity contribution in [2.45, 2.75) is 6.18 Å². The van der Waals surface area contributed by atoms with Gasteiger partial charge in [-0.05, 0) is 35.9 Å². The lowest BCUT2D eigenvalue weighted by Gasteiger charge is -2.15. The highest BCUT2D eigenvalue weighted by molar-refractivity contribution is 5.99. The summed E-state index contributed by atoms with van der Waals surface area (Å²) in [5.74, 6) is -2.69. The van der Waals surface area contributed by atoms with Crippen molar-refractivity contribution in [3.63, 3.8) is 0 Å². The summed E-state index contributed by atoms with van der Waals surface area (Å²) in [6.07, 6.45) is 0.522. The monoisotopic (exact) mass is 529 g/mol. The van der Waals surface area contributed by atoms with Gasteiger partial charge in [0.1, 0.15) is 11.6 Å². The average Bonchev–Trinajstić information content (AvgIpc) is 3.25. The third-order valence-corrected chi connectivity index (χ3v) is 5.02. The highest BCUT2D eigenvalue weighted by Crippen LogP contribution is 2.34. The van der Waals surface area contributed by atoms with Crippen LogP contribution >= 0.6 is 0 Å². The zero-order chi connectivity index (χ0) is 27.4. The molecule has 0 aliphatic rings. The molecule has 0 fully saturated rings. The van der Waals surface area contributed by atoms with Crippen LogP contribution in [0.25, 0.3) is 11.1 Å². The van der Waals surface area contributed by atoms with E-state index >= 15 is 0 Å². The molecule has 0 spiro atoms. The number of aromatic nitrogens is 4. The normalized spacial score (nSPS) is 11.1. The maximum absolute atomic E-state index is 14.7. The number of aryl methyl sites for hydroxylation is 1. The molecule has 0 atom stereocenters. The Bertz CT molecular complexity index is 1500. The molecule has 2 aromatic heterocycles. The molecule has 196 valence electrons. The minimum Gasteiger partial charge on any atom is -0.481 e. The molecule has 0 saturated carbocycles. The van der Waals surface area contributed by atoms with Gasteiger partial charge in [-0.1, -0.05) is 12.1 Å². The smallest absolute Gasteiger partial charge is 0.416 e. The van der Waals surface area contributed by atoms with Gasteiger partial charge in [0.05, 0.1) is 29.2 Å². The largest absolute Gasteiger partial charge is 0.481 e. The number of alkyl halides is 3. The second kappa shape index (κ2) is 10.5. The Kier molecular flexibility index (Phi) is 7.14. The molecule has 14 heteroatoms. The van der Waals surface area contributed by atoms with Gasteiger partial charge >= 0.3 is 6.18 Å². The topological polar surface area (TPSA) is 137 Å². The molecule has 0 aliphatic heterocycles. The Labute approximate surface area is 212 Å². The highest BCUT2D eigenvalue weighted by atomic mass is 19.4. The zero-order valence-electron chi connectivity index (χ0n) is 19.5. The SMILES string of the molecule is Cn1cc(Nc2ncc(-c3ccc(C(F)(F)F)cc3)c(Nc3cc(NC(=O)C=C(O)O)ccc3F)n2)cn1. The van der Waals surface area contributed by atoms with E-state index in [1.165, 1.54) is 36.7 Å². The molecule has 5 N–H and O–H groups in total. The van der Waals surface area contributed by atoms with Crippen LogP contribution in [0.1, 0.15) is 5.56 Å². The fourth-order valence-corrected chi connectivity index (χ4v) is 3.32. The number of carbonyl (C=O) groups excluding carboxylic acids is 1. The van der Waals surface area contributed by atoms with Gasteiger partial charge < -0.3 is 26.2 Å². The molecule has 4 aromatic rings. The summed E-state index contributed by atoms with van der Waals surface area (Å²) in [4.78, 5) is 20.4. The predicted molar refractivity (Wildman–Crippen MR) is 131 cm³/mol. The fraction of sp³-hybridized carbons (Fsp3) is 0.0833. The summed E-state index contributed by atoms with van der Waals surface area (Å²) in [6, 6.07) is 7.80. The van der Waals surface area contributed by atoms with Crippen LogP contribution in [0.2, 0.25) is 0 Å². The molecule has 0 saturated heterocycles. The summed E-state index contributed by atoms with van der Waals surface area (Å²) in [5.41, 5.74) is 0.259. The van der Waals surface area contributed by atoms with Gasteiger partial charge in [0.25, 0.3) is 11.9 Å². The zero-order valence-corrected chi connectivity index (χ0v) is 19.5. The molecule has 0 unspecified atom stereocenters.